The van der Waals surface area contributed by atoms with Crippen LogP contribution in [0.2, 0.25) is 0 Å². The zero-order chi connectivity index (χ0) is 16.7. The van der Waals surface area contributed by atoms with E-state index in [-0.39, 0.29) is 19.1 Å². The van der Waals surface area contributed by atoms with Crippen molar-refractivity contribution < 1.29 is 23.9 Å². The van der Waals surface area contributed by atoms with Crippen molar-refractivity contribution in [1.29, 1.82) is 0 Å². The number of esters is 1. The standard InChI is InChI=1S/C16H20N2O5/c1-22-13-6-4-5-12(9-13)16(21)17-10-15(20)23-11-14(19)18-7-2-3-8-18/h4-6,9H,2-3,7-8,10-11H2,1H3,(H,17,21). The minimum Gasteiger partial charge on any atom is -0.497 e. The highest BCUT2D eigenvalue weighted by atomic mass is 16.5. The van der Waals surface area contributed by atoms with Gasteiger partial charge in [-0.25, -0.2) is 0 Å². The van der Waals surface area contributed by atoms with Crippen molar-refractivity contribution in [2.75, 3.05) is 33.4 Å². The number of nitrogens with zero attached hydrogens (tertiary/aromatic N) is 1. The van der Waals surface area contributed by atoms with E-state index in [1.54, 1.807) is 29.2 Å². The van der Waals surface area contributed by atoms with Crippen LogP contribution in [0.25, 0.3) is 0 Å². The molecular formula is C16H20N2O5. The summed E-state index contributed by atoms with van der Waals surface area (Å²) in [6.07, 6.45) is 1.96. The highest BCUT2D eigenvalue weighted by Crippen LogP contribution is 2.12. The summed E-state index contributed by atoms with van der Waals surface area (Å²) in [4.78, 5) is 36.9. The SMILES string of the molecule is COc1cccc(C(=O)NCC(=O)OCC(=O)N2CCCC2)c1. The number of methoxy groups -OCH3 is 1. The average Bonchev–Trinajstić information content (AvgIpc) is 3.12. The summed E-state index contributed by atoms with van der Waals surface area (Å²) in [6.45, 7) is 0.850. The minimum atomic E-state index is -0.645. The number of nitrogens with one attached hydrogen (secondary N) is 1. The Bertz CT molecular complexity index is 582. The first-order chi connectivity index (χ1) is 11.1. The second-order valence-corrected chi connectivity index (χ2v) is 5.16. The third kappa shape index (κ3) is 4.98. The van der Waals surface area contributed by atoms with E-state index in [4.69, 9.17) is 9.47 Å². The molecule has 2 rings (SSSR count). The molecule has 7 nitrogen and oxygen atoms in total. The predicted octanol–water partition coefficient (Wildman–Crippen LogP) is 0.591. The van der Waals surface area contributed by atoms with Crippen LogP contribution >= 0.6 is 0 Å². The molecule has 1 N–H and O–H groups in total. The molecule has 1 fully saturated rings. The van der Waals surface area contributed by atoms with Crippen molar-refractivity contribution in [3.05, 3.63) is 29.8 Å². The Morgan fingerprint density at radius 2 is 1.96 bits per heavy atom. The summed E-state index contributed by atoms with van der Waals surface area (Å²) in [5, 5.41) is 2.45. The van der Waals surface area contributed by atoms with Crippen LogP contribution in [0.5, 0.6) is 5.75 Å². The second-order valence-electron chi connectivity index (χ2n) is 5.16. The van der Waals surface area contributed by atoms with E-state index in [0.717, 1.165) is 12.8 Å². The third-order valence-corrected chi connectivity index (χ3v) is 3.54. The highest BCUT2D eigenvalue weighted by molar-refractivity contribution is 5.96. The number of carbonyl (C=O) groups excluding carboxylic acids is 3. The lowest BCUT2D eigenvalue weighted by molar-refractivity contribution is -0.150. The number of benzene rings is 1. The third-order valence-electron chi connectivity index (χ3n) is 3.54. The Hall–Kier alpha value is -2.57. The summed E-state index contributed by atoms with van der Waals surface area (Å²) in [5.74, 6) is -0.702. The average molecular weight is 320 g/mol. The van der Waals surface area contributed by atoms with Gasteiger partial charge in [-0.3, -0.25) is 14.4 Å². The van der Waals surface area contributed by atoms with Crippen LogP contribution in [0.3, 0.4) is 0 Å². The molecule has 0 aromatic heterocycles. The first-order valence-corrected chi connectivity index (χ1v) is 7.46. The van der Waals surface area contributed by atoms with Gasteiger partial charge in [0, 0.05) is 18.7 Å². The van der Waals surface area contributed by atoms with Crippen molar-refractivity contribution in [2.24, 2.45) is 0 Å². The van der Waals surface area contributed by atoms with Crippen LogP contribution in [0.15, 0.2) is 24.3 Å². The van der Waals surface area contributed by atoms with Gasteiger partial charge in [-0.05, 0) is 31.0 Å². The topological polar surface area (TPSA) is 84.9 Å². The molecule has 0 unspecified atom stereocenters. The molecule has 0 saturated carbocycles. The van der Waals surface area contributed by atoms with Gasteiger partial charge in [0.1, 0.15) is 12.3 Å². The molecule has 1 aromatic rings. The van der Waals surface area contributed by atoms with E-state index in [9.17, 15) is 14.4 Å². The van der Waals surface area contributed by atoms with Gasteiger partial charge >= 0.3 is 5.97 Å². The van der Waals surface area contributed by atoms with E-state index in [2.05, 4.69) is 5.32 Å². The number of hydrogen-bond donors (Lipinski definition) is 1. The van der Waals surface area contributed by atoms with Crippen LogP contribution in [0.4, 0.5) is 0 Å². The maximum absolute atomic E-state index is 11.9. The number of ether oxygens (including phenoxy) is 2. The summed E-state index contributed by atoms with van der Waals surface area (Å²) in [6, 6.07) is 6.58. The first kappa shape index (κ1) is 16.8. The number of rotatable bonds is 6. The summed E-state index contributed by atoms with van der Waals surface area (Å²) < 4.78 is 9.91. The van der Waals surface area contributed by atoms with Gasteiger partial charge < -0.3 is 19.7 Å². The lowest BCUT2D eigenvalue weighted by atomic mass is 10.2. The lowest BCUT2D eigenvalue weighted by Gasteiger charge is -2.15. The van der Waals surface area contributed by atoms with Gasteiger partial charge in [-0.1, -0.05) is 6.07 Å². The first-order valence-electron chi connectivity index (χ1n) is 7.46. The molecule has 7 heteroatoms. The summed E-state index contributed by atoms with van der Waals surface area (Å²) in [7, 11) is 1.51. The zero-order valence-corrected chi connectivity index (χ0v) is 13.0. The Morgan fingerprint density at radius 3 is 2.65 bits per heavy atom. The van der Waals surface area contributed by atoms with Crippen LogP contribution in [0.1, 0.15) is 23.2 Å². The molecule has 0 spiro atoms. The number of amides is 2. The van der Waals surface area contributed by atoms with Gasteiger partial charge in [-0.2, -0.15) is 0 Å². The Kier molecular flexibility index (Phi) is 5.96. The lowest BCUT2D eigenvalue weighted by Crippen LogP contribution is -2.35. The molecule has 2 amide bonds. The fourth-order valence-electron chi connectivity index (χ4n) is 2.27. The molecule has 1 aliphatic rings. The molecule has 1 aliphatic heterocycles. The normalized spacial score (nSPS) is 13.5. The highest BCUT2D eigenvalue weighted by Gasteiger charge is 2.19. The molecule has 1 saturated heterocycles. The van der Waals surface area contributed by atoms with Crippen molar-refractivity contribution >= 4 is 17.8 Å². The number of hydrogen-bond acceptors (Lipinski definition) is 5. The van der Waals surface area contributed by atoms with E-state index in [1.807, 2.05) is 0 Å². The zero-order valence-electron chi connectivity index (χ0n) is 13.0. The molecular weight excluding hydrogens is 300 g/mol. The van der Waals surface area contributed by atoms with Gasteiger partial charge in [0.15, 0.2) is 6.61 Å². The Balaban J connectivity index is 1.72. The predicted molar refractivity (Wildman–Crippen MR) is 82.1 cm³/mol. The number of likely N-dealkylation sites (tertiary alicyclic amines) is 1. The Labute approximate surface area is 134 Å². The van der Waals surface area contributed by atoms with Crippen molar-refractivity contribution in [1.82, 2.24) is 10.2 Å². The van der Waals surface area contributed by atoms with Crippen LogP contribution < -0.4 is 10.1 Å². The van der Waals surface area contributed by atoms with E-state index >= 15 is 0 Å². The summed E-state index contributed by atoms with van der Waals surface area (Å²) >= 11 is 0. The maximum Gasteiger partial charge on any atom is 0.325 e. The monoisotopic (exact) mass is 320 g/mol. The quantitative estimate of drug-likeness (QED) is 0.776. The van der Waals surface area contributed by atoms with Crippen LogP contribution in [-0.4, -0.2) is 56.0 Å². The second kappa shape index (κ2) is 8.17. The minimum absolute atomic E-state index is 0.199. The fourth-order valence-corrected chi connectivity index (χ4v) is 2.27. The van der Waals surface area contributed by atoms with Gasteiger partial charge in [0.25, 0.3) is 11.8 Å². The van der Waals surface area contributed by atoms with Crippen LogP contribution in [-0.2, 0) is 14.3 Å². The molecule has 0 aliphatic carbocycles. The van der Waals surface area contributed by atoms with Crippen molar-refractivity contribution in [3.63, 3.8) is 0 Å². The molecule has 0 bridgehead atoms. The van der Waals surface area contributed by atoms with E-state index in [1.165, 1.54) is 7.11 Å². The van der Waals surface area contributed by atoms with E-state index in [0.29, 0.717) is 24.4 Å². The van der Waals surface area contributed by atoms with Crippen molar-refractivity contribution in [3.8, 4) is 5.75 Å². The molecule has 0 atom stereocenters. The molecule has 0 radical (unpaired) electrons. The Morgan fingerprint density at radius 1 is 1.22 bits per heavy atom. The maximum atomic E-state index is 11.9. The van der Waals surface area contributed by atoms with Gasteiger partial charge in [-0.15, -0.1) is 0 Å². The smallest absolute Gasteiger partial charge is 0.325 e. The fraction of sp³-hybridized carbons (Fsp3) is 0.438. The molecule has 1 heterocycles. The molecule has 1 aromatic carbocycles. The summed E-state index contributed by atoms with van der Waals surface area (Å²) in [5.41, 5.74) is 0.380. The van der Waals surface area contributed by atoms with Gasteiger partial charge in [0.05, 0.1) is 7.11 Å². The van der Waals surface area contributed by atoms with Crippen molar-refractivity contribution in [2.45, 2.75) is 12.8 Å². The van der Waals surface area contributed by atoms with E-state index < -0.39 is 11.9 Å². The van der Waals surface area contributed by atoms with Gasteiger partial charge in [0.2, 0.25) is 0 Å². The molecule has 23 heavy (non-hydrogen) atoms. The molecule has 124 valence electrons. The largest absolute Gasteiger partial charge is 0.497 e. The van der Waals surface area contributed by atoms with Crippen LogP contribution in [0, 0.1) is 0 Å². The number of carbonyl (C=O) groups is 3.